The lowest BCUT2D eigenvalue weighted by molar-refractivity contribution is 0.207. The fraction of sp³-hybridized carbons (Fsp3) is 0.478. The van der Waals surface area contributed by atoms with Crippen LogP contribution in [0, 0.1) is 5.92 Å². The molecular formula is C23H32N2O. The second kappa shape index (κ2) is 9.63. The monoisotopic (exact) mass is 352 g/mol. The molecule has 1 aliphatic rings. The van der Waals surface area contributed by atoms with Crippen LogP contribution < -0.4 is 4.74 Å². The van der Waals surface area contributed by atoms with E-state index in [9.17, 15) is 0 Å². The minimum Gasteiger partial charge on any atom is -0.497 e. The van der Waals surface area contributed by atoms with Crippen LogP contribution in [-0.2, 0) is 13.1 Å². The van der Waals surface area contributed by atoms with Gasteiger partial charge in [-0.3, -0.25) is 4.90 Å². The van der Waals surface area contributed by atoms with Crippen LogP contribution in [0.1, 0.15) is 43.4 Å². The van der Waals surface area contributed by atoms with Gasteiger partial charge in [0.2, 0.25) is 0 Å². The van der Waals surface area contributed by atoms with Gasteiger partial charge in [0.05, 0.1) is 7.11 Å². The number of nitrogens with zero attached hydrogens (tertiary/aromatic N) is 2. The molecule has 3 nitrogen and oxygen atoms in total. The number of hydrogen-bond donors (Lipinski definition) is 0. The number of rotatable bonds is 9. The normalized spacial score (nSPS) is 15.3. The second-order valence-electron chi connectivity index (χ2n) is 7.47. The van der Waals surface area contributed by atoms with E-state index < -0.39 is 0 Å². The Balaban J connectivity index is 1.66. The van der Waals surface area contributed by atoms with E-state index in [0.717, 1.165) is 31.3 Å². The van der Waals surface area contributed by atoms with Gasteiger partial charge in [-0.15, -0.1) is 6.58 Å². The Morgan fingerprint density at radius 2 is 2.04 bits per heavy atom. The maximum absolute atomic E-state index is 5.36. The van der Waals surface area contributed by atoms with Gasteiger partial charge >= 0.3 is 0 Å². The van der Waals surface area contributed by atoms with Gasteiger partial charge in [0.25, 0.3) is 0 Å². The lowest BCUT2D eigenvalue weighted by Gasteiger charge is -2.29. The van der Waals surface area contributed by atoms with E-state index in [-0.39, 0.29) is 0 Å². The van der Waals surface area contributed by atoms with Crippen molar-refractivity contribution in [3.8, 4) is 5.75 Å². The molecule has 26 heavy (non-hydrogen) atoms. The van der Waals surface area contributed by atoms with Gasteiger partial charge in [-0.1, -0.05) is 37.5 Å². The smallest absolute Gasteiger partial charge is 0.119 e. The molecule has 0 atom stereocenters. The molecular weight excluding hydrogens is 320 g/mol. The van der Waals surface area contributed by atoms with E-state index in [0.29, 0.717) is 0 Å². The van der Waals surface area contributed by atoms with Gasteiger partial charge in [0.15, 0.2) is 0 Å². The van der Waals surface area contributed by atoms with Crippen LogP contribution >= 0.6 is 0 Å². The Labute approximate surface area is 158 Å². The average Bonchev–Trinajstić information content (AvgIpc) is 3.09. The highest BCUT2D eigenvalue weighted by molar-refractivity contribution is 5.29. The van der Waals surface area contributed by atoms with Crippen LogP contribution in [-0.4, -0.2) is 29.7 Å². The molecule has 3 heteroatoms. The van der Waals surface area contributed by atoms with Crippen molar-refractivity contribution >= 4 is 0 Å². The summed E-state index contributed by atoms with van der Waals surface area (Å²) in [6.07, 6.45) is 11.2. The Hall–Kier alpha value is -2.00. The molecule has 1 fully saturated rings. The first-order valence-electron chi connectivity index (χ1n) is 9.88. The summed E-state index contributed by atoms with van der Waals surface area (Å²) in [5.41, 5.74) is 2.63. The van der Waals surface area contributed by atoms with Gasteiger partial charge in [-0.2, -0.15) is 0 Å². The van der Waals surface area contributed by atoms with Crippen molar-refractivity contribution in [3.63, 3.8) is 0 Å². The molecule has 1 saturated carbocycles. The van der Waals surface area contributed by atoms with Crippen molar-refractivity contribution < 1.29 is 4.74 Å². The predicted molar refractivity (Wildman–Crippen MR) is 109 cm³/mol. The van der Waals surface area contributed by atoms with Crippen LogP contribution in [0.25, 0.3) is 0 Å². The van der Waals surface area contributed by atoms with Gasteiger partial charge in [-0.25, -0.2) is 0 Å². The maximum atomic E-state index is 5.36. The molecule has 0 radical (unpaired) electrons. The van der Waals surface area contributed by atoms with Crippen LogP contribution in [0.2, 0.25) is 0 Å². The molecule has 0 N–H and O–H groups in total. The molecule has 1 aliphatic carbocycles. The van der Waals surface area contributed by atoms with Crippen LogP contribution in [0.3, 0.4) is 0 Å². The molecule has 0 aliphatic heterocycles. The molecule has 140 valence electrons. The van der Waals surface area contributed by atoms with E-state index in [1.54, 1.807) is 7.11 Å². The van der Waals surface area contributed by atoms with E-state index >= 15 is 0 Å². The zero-order valence-corrected chi connectivity index (χ0v) is 16.1. The van der Waals surface area contributed by atoms with E-state index in [1.165, 1.54) is 49.9 Å². The Kier molecular flexibility index (Phi) is 6.96. The first kappa shape index (κ1) is 18.8. The number of benzene rings is 1. The van der Waals surface area contributed by atoms with Gasteiger partial charge in [0, 0.05) is 38.1 Å². The fourth-order valence-electron chi connectivity index (χ4n) is 4.06. The van der Waals surface area contributed by atoms with Crippen molar-refractivity contribution in [3.05, 3.63) is 66.5 Å². The summed E-state index contributed by atoms with van der Waals surface area (Å²) in [7, 11) is 1.72. The summed E-state index contributed by atoms with van der Waals surface area (Å²) in [6.45, 7) is 7.99. The Morgan fingerprint density at radius 3 is 2.81 bits per heavy atom. The molecule has 2 aromatic rings. The second-order valence-corrected chi connectivity index (χ2v) is 7.47. The molecule has 0 unspecified atom stereocenters. The van der Waals surface area contributed by atoms with Crippen molar-refractivity contribution in [2.45, 2.75) is 45.2 Å². The highest BCUT2D eigenvalue weighted by atomic mass is 16.5. The maximum Gasteiger partial charge on any atom is 0.119 e. The lowest BCUT2D eigenvalue weighted by atomic mass is 9.89. The first-order chi connectivity index (χ1) is 12.8. The number of ether oxygens (including phenoxy) is 1. The number of methoxy groups -OCH3 is 1. The fourth-order valence-corrected chi connectivity index (χ4v) is 4.06. The molecule has 3 rings (SSSR count). The minimum absolute atomic E-state index is 0.852. The first-order valence-corrected chi connectivity index (χ1v) is 9.88. The highest BCUT2D eigenvalue weighted by Crippen LogP contribution is 2.25. The zero-order valence-electron chi connectivity index (χ0n) is 16.1. The average molecular weight is 353 g/mol. The molecule has 1 heterocycles. The SMILES string of the molecule is C=CCN(Cc1cccn1Cc1cccc(OC)c1)CC1CCCCC1. The van der Waals surface area contributed by atoms with Crippen molar-refractivity contribution in [1.82, 2.24) is 9.47 Å². The standard InChI is InChI=1S/C23H32N2O/c1-3-14-24(17-20-9-5-4-6-10-20)19-22-12-8-15-25(22)18-21-11-7-13-23(16-21)26-2/h3,7-8,11-13,15-16,20H,1,4-6,9-10,14,17-19H2,2H3. The molecule has 1 aromatic carbocycles. The van der Waals surface area contributed by atoms with Gasteiger partial charge in [-0.05, 0) is 48.6 Å². The Bertz CT molecular complexity index is 685. The van der Waals surface area contributed by atoms with Crippen molar-refractivity contribution in [1.29, 1.82) is 0 Å². The van der Waals surface area contributed by atoms with Gasteiger partial charge < -0.3 is 9.30 Å². The van der Waals surface area contributed by atoms with Crippen LogP contribution in [0.4, 0.5) is 0 Å². The molecule has 1 aromatic heterocycles. The largest absolute Gasteiger partial charge is 0.497 e. The third kappa shape index (κ3) is 5.25. The zero-order chi connectivity index (χ0) is 18.2. The summed E-state index contributed by atoms with van der Waals surface area (Å²) >= 11 is 0. The third-order valence-electron chi connectivity index (χ3n) is 5.42. The summed E-state index contributed by atoms with van der Waals surface area (Å²) in [5, 5.41) is 0. The summed E-state index contributed by atoms with van der Waals surface area (Å²) in [6, 6.07) is 12.7. The number of aromatic nitrogens is 1. The summed E-state index contributed by atoms with van der Waals surface area (Å²) in [4.78, 5) is 2.56. The van der Waals surface area contributed by atoms with Gasteiger partial charge in [0.1, 0.15) is 5.75 Å². The van der Waals surface area contributed by atoms with Crippen LogP contribution in [0.5, 0.6) is 5.75 Å². The number of hydrogen-bond acceptors (Lipinski definition) is 2. The van der Waals surface area contributed by atoms with Crippen molar-refractivity contribution in [2.24, 2.45) is 5.92 Å². The predicted octanol–water partition coefficient (Wildman–Crippen LogP) is 5.11. The van der Waals surface area contributed by atoms with Crippen LogP contribution in [0.15, 0.2) is 55.3 Å². The topological polar surface area (TPSA) is 17.4 Å². The Morgan fingerprint density at radius 1 is 1.19 bits per heavy atom. The lowest BCUT2D eigenvalue weighted by Crippen LogP contribution is -2.31. The molecule has 0 amide bonds. The van der Waals surface area contributed by atoms with E-state index in [4.69, 9.17) is 4.74 Å². The third-order valence-corrected chi connectivity index (χ3v) is 5.42. The van der Waals surface area contributed by atoms with E-state index in [1.807, 2.05) is 12.1 Å². The summed E-state index contributed by atoms with van der Waals surface area (Å²) in [5.74, 6) is 1.77. The minimum atomic E-state index is 0.852. The highest BCUT2D eigenvalue weighted by Gasteiger charge is 2.17. The van der Waals surface area contributed by atoms with E-state index in [2.05, 4.69) is 52.6 Å². The quantitative estimate of drug-likeness (QED) is 0.583. The summed E-state index contributed by atoms with van der Waals surface area (Å²) < 4.78 is 7.71. The molecule has 0 saturated heterocycles. The molecule has 0 bridgehead atoms. The molecule has 0 spiro atoms. The van der Waals surface area contributed by atoms with Crippen molar-refractivity contribution in [2.75, 3.05) is 20.2 Å².